The van der Waals surface area contributed by atoms with Crippen LogP contribution in [0.25, 0.3) is 6.08 Å². The van der Waals surface area contributed by atoms with Crippen LogP contribution < -0.4 is 5.73 Å². The van der Waals surface area contributed by atoms with Crippen LogP contribution >= 0.6 is 11.6 Å². The van der Waals surface area contributed by atoms with E-state index < -0.39 is 0 Å². The lowest BCUT2D eigenvalue weighted by Gasteiger charge is -1.97. The summed E-state index contributed by atoms with van der Waals surface area (Å²) in [6, 6.07) is 0. The molecule has 52 valence electrons. The van der Waals surface area contributed by atoms with Crippen molar-refractivity contribution in [1.82, 2.24) is 9.97 Å². The van der Waals surface area contributed by atoms with Crippen LogP contribution in [0.1, 0.15) is 5.56 Å². The Hall–Kier alpha value is -1.09. The molecule has 1 aromatic heterocycles. The number of nitrogens with two attached hydrogens (primary N) is 1. The molecule has 0 aliphatic carbocycles. The number of aromatic nitrogens is 2. The van der Waals surface area contributed by atoms with Crippen LogP contribution in [0.4, 0.5) is 5.82 Å². The van der Waals surface area contributed by atoms with Crippen LogP contribution in [0.3, 0.4) is 0 Å². The number of nitrogen functional groups attached to an aromatic ring is 1. The summed E-state index contributed by atoms with van der Waals surface area (Å²) in [6.07, 6.45) is 2.84. The van der Waals surface area contributed by atoms with E-state index in [1.165, 1.54) is 12.4 Å². The molecule has 10 heavy (non-hydrogen) atoms. The molecule has 1 rings (SSSR count). The first-order valence-corrected chi connectivity index (χ1v) is 3.02. The lowest BCUT2D eigenvalue weighted by Crippen LogP contribution is -1.95. The summed E-state index contributed by atoms with van der Waals surface area (Å²) in [5.74, 6) is 0.356. The Labute approximate surface area is 63.6 Å². The second-order valence-corrected chi connectivity index (χ2v) is 2.03. The normalized spacial score (nSPS) is 9.30. The SMILES string of the molecule is C=Cc1c(N)ncnc1Cl. The molecule has 3 nitrogen and oxygen atoms in total. The van der Waals surface area contributed by atoms with Crippen LogP contribution in [0.15, 0.2) is 12.9 Å². The fraction of sp³-hybridized carbons (Fsp3) is 0. The van der Waals surface area contributed by atoms with Gasteiger partial charge >= 0.3 is 0 Å². The summed E-state index contributed by atoms with van der Waals surface area (Å²) in [6.45, 7) is 3.51. The summed E-state index contributed by atoms with van der Waals surface area (Å²) < 4.78 is 0. The van der Waals surface area contributed by atoms with Gasteiger partial charge in [0, 0.05) is 0 Å². The predicted molar refractivity (Wildman–Crippen MR) is 41.5 cm³/mol. The number of halogens is 1. The van der Waals surface area contributed by atoms with Gasteiger partial charge in [-0.3, -0.25) is 0 Å². The molecule has 2 N–H and O–H groups in total. The maximum absolute atomic E-state index is 5.63. The van der Waals surface area contributed by atoms with Gasteiger partial charge in [-0.2, -0.15) is 0 Å². The van der Waals surface area contributed by atoms with Gasteiger partial charge in [0.2, 0.25) is 0 Å². The van der Waals surface area contributed by atoms with Crippen LogP contribution in [-0.2, 0) is 0 Å². The summed E-state index contributed by atoms with van der Waals surface area (Å²) in [5, 5.41) is 0.336. The third-order valence-corrected chi connectivity index (χ3v) is 1.37. The van der Waals surface area contributed by atoms with Gasteiger partial charge in [-0.1, -0.05) is 24.3 Å². The molecule has 0 amide bonds. The minimum atomic E-state index is 0.336. The first kappa shape index (κ1) is 7.02. The van der Waals surface area contributed by atoms with Crippen molar-refractivity contribution >= 4 is 23.5 Å². The van der Waals surface area contributed by atoms with Crippen molar-refractivity contribution in [2.24, 2.45) is 0 Å². The number of hydrogen-bond donors (Lipinski definition) is 1. The molecule has 1 heterocycles. The maximum atomic E-state index is 5.63. The van der Waals surface area contributed by atoms with E-state index >= 15 is 0 Å². The monoisotopic (exact) mass is 155 g/mol. The van der Waals surface area contributed by atoms with Crippen LogP contribution in [0, 0.1) is 0 Å². The van der Waals surface area contributed by atoms with Gasteiger partial charge in [-0.25, -0.2) is 9.97 Å². The van der Waals surface area contributed by atoms with Crippen molar-refractivity contribution in [3.63, 3.8) is 0 Å². The van der Waals surface area contributed by atoms with Crippen molar-refractivity contribution < 1.29 is 0 Å². The number of hydrogen-bond acceptors (Lipinski definition) is 3. The highest BCUT2D eigenvalue weighted by atomic mass is 35.5. The average molecular weight is 156 g/mol. The number of anilines is 1. The second kappa shape index (κ2) is 2.66. The highest BCUT2D eigenvalue weighted by Gasteiger charge is 2.00. The molecule has 0 unspecified atom stereocenters. The van der Waals surface area contributed by atoms with E-state index in [9.17, 15) is 0 Å². The molecule has 0 saturated heterocycles. The zero-order valence-electron chi connectivity index (χ0n) is 5.21. The molecule has 0 atom stereocenters. The van der Waals surface area contributed by atoms with Crippen molar-refractivity contribution in [3.05, 3.63) is 23.6 Å². The quantitative estimate of drug-likeness (QED) is 0.623. The second-order valence-electron chi connectivity index (χ2n) is 1.67. The van der Waals surface area contributed by atoms with Gasteiger partial charge in [-0.15, -0.1) is 0 Å². The average Bonchev–Trinajstić information content (AvgIpc) is 1.88. The summed E-state index contributed by atoms with van der Waals surface area (Å²) in [5.41, 5.74) is 6.01. The Kier molecular flexibility index (Phi) is 1.87. The molecule has 1 aromatic rings. The van der Waals surface area contributed by atoms with E-state index in [0.29, 0.717) is 16.5 Å². The van der Waals surface area contributed by atoms with E-state index in [-0.39, 0.29) is 0 Å². The zero-order valence-corrected chi connectivity index (χ0v) is 5.97. The molecule has 0 aliphatic rings. The Balaban J connectivity index is 3.30. The van der Waals surface area contributed by atoms with Crippen molar-refractivity contribution in [3.8, 4) is 0 Å². The van der Waals surface area contributed by atoms with E-state index in [4.69, 9.17) is 17.3 Å². The molecule has 0 spiro atoms. The van der Waals surface area contributed by atoms with E-state index in [1.807, 2.05) is 0 Å². The molecule has 0 aliphatic heterocycles. The number of rotatable bonds is 1. The summed E-state index contributed by atoms with van der Waals surface area (Å²) >= 11 is 5.63. The highest BCUT2D eigenvalue weighted by Crippen LogP contribution is 2.17. The fourth-order valence-corrected chi connectivity index (χ4v) is 0.793. The molecule has 0 bridgehead atoms. The lowest BCUT2D eigenvalue weighted by atomic mass is 10.3. The first-order chi connectivity index (χ1) is 4.75. The number of nitrogens with zero attached hydrogens (tertiary/aromatic N) is 2. The van der Waals surface area contributed by atoms with Gasteiger partial charge in [0.05, 0.1) is 5.56 Å². The molecule has 0 aromatic carbocycles. The van der Waals surface area contributed by atoms with E-state index in [2.05, 4.69) is 16.5 Å². The standard InChI is InChI=1S/C6H6ClN3/c1-2-4-5(7)9-3-10-6(4)8/h2-3H,1H2,(H2,8,9,10). The van der Waals surface area contributed by atoms with Crippen LogP contribution in [0.2, 0.25) is 5.15 Å². The van der Waals surface area contributed by atoms with Gasteiger partial charge in [0.1, 0.15) is 17.3 Å². The maximum Gasteiger partial charge on any atom is 0.141 e. The van der Waals surface area contributed by atoms with Gasteiger partial charge in [0.15, 0.2) is 0 Å². The predicted octanol–water partition coefficient (Wildman–Crippen LogP) is 1.36. The zero-order chi connectivity index (χ0) is 7.56. The van der Waals surface area contributed by atoms with Crippen molar-refractivity contribution in [2.75, 3.05) is 5.73 Å². The summed E-state index contributed by atoms with van der Waals surface area (Å²) in [4.78, 5) is 7.44. The fourth-order valence-electron chi connectivity index (χ4n) is 0.575. The Morgan fingerprint density at radius 3 is 2.70 bits per heavy atom. The van der Waals surface area contributed by atoms with Gasteiger partial charge in [-0.05, 0) is 0 Å². The van der Waals surface area contributed by atoms with Crippen LogP contribution in [0.5, 0.6) is 0 Å². The van der Waals surface area contributed by atoms with Gasteiger partial charge < -0.3 is 5.73 Å². The Bertz CT molecular complexity index is 239. The van der Waals surface area contributed by atoms with Crippen molar-refractivity contribution in [2.45, 2.75) is 0 Å². The molecule has 4 heteroatoms. The Morgan fingerprint density at radius 2 is 2.30 bits per heavy atom. The summed E-state index contributed by atoms with van der Waals surface area (Å²) in [7, 11) is 0. The molecule has 0 fully saturated rings. The first-order valence-electron chi connectivity index (χ1n) is 2.64. The molecular weight excluding hydrogens is 150 g/mol. The highest BCUT2D eigenvalue weighted by molar-refractivity contribution is 6.31. The molecule has 0 radical (unpaired) electrons. The smallest absolute Gasteiger partial charge is 0.141 e. The minimum absolute atomic E-state index is 0.336. The Morgan fingerprint density at radius 1 is 1.60 bits per heavy atom. The van der Waals surface area contributed by atoms with E-state index in [1.54, 1.807) is 0 Å². The lowest BCUT2D eigenvalue weighted by molar-refractivity contribution is 1.17. The van der Waals surface area contributed by atoms with Gasteiger partial charge in [0.25, 0.3) is 0 Å². The minimum Gasteiger partial charge on any atom is -0.383 e. The van der Waals surface area contributed by atoms with E-state index in [0.717, 1.165) is 0 Å². The largest absolute Gasteiger partial charge is 0.383 e. The molecular formula is C6H6ClN3. The topological polar surface area (TPSA) is 51.8 Å². The molecule has 0 saturated carbocycles. The van der Waals surface area contributed by atoms with Crippen molar-refractivity contribution in [1.29, 1.82) is 0 Å². The third-order valence-electron chi connectivity index (χ3n) is 1.07. The van der Waals surface area contributed by atoms with Crippen LogP contribution in [-0.4, -0.2) is 9.97 Å². The third kappa shape index (κ3) is 1.09.